The van der Waals surface area contributed by atoms with Crippen molar-refractivity contribution in [3.63, 3.8) is 0 Å². The van der Waals surface area contributed by atoms with Gasteiger partial charge in [-0.05, 0) is 19.1 Å². The Morgan fingerprint density at radius 2 is 1.93 bits per heavy atom. The van der Waals surface area contributed by atoms with Gasteiger partial charge in [0.25, 0.3) is 5.79 Å². The van der Waals surface area contributed by atoms with E-state index >= 15 is 0 Å². The molecule has 0 aliphatic carbocycles. The van der Waals surface area contributed by atoms with Crippen LogP contribution in [0.25, 0.3) is 0 Å². The molecule has 1 N–H and O–H groups in total. The van der Waals surface area contributed by atoms with Gasteiger partial charge in [-0.3, -0.25) is 4.68 Å². The van der Waals surface area contributed by atoms with Crippen LogP contribution in [0.4, 0.5) is 5.69 Å². The number of nitrogens with zero attached hydrogens (tertiary/aromatic N) is 2. The number of carbonyl (C=O) groups is 2. The first kappa shape index (κ1) is 18.5. The molecule has 0 saturated carbocycles. The van der Waals surface area contributed by atoms with Crippen LogP contribution < -0.4 is 10.1 Å². The molecule has 1 aromatic carbocycles. The Labute approximate surface area is 156 Å². The fourth-order valence-corrected chi connectivity index (χ4v) is 2.46. The van der Waals surface area contributed by atoms with Crippen molar-refractivity contribution < 1.29 is 23.8 Å². The maximum atomic E-state index is 12.0. The van der Waals surface area contributed by atoms with Gasteiger partial charge in [-0.2, -0.15) is 5.10 Å². The number of carbonyl (C=O) groups excluding carboxylic acids is 2. The van der Waals surface area contributed by atoms with Crippen molar-refractivity contribution in [2.45, 2.75) is 39.7 Å². The van der Waals surface area contributed by atoms with Gasteiger partial charge in [0.1, 0.15) is 12.4 Å². The highest BCUT2D eigenvalue weighted by atomic mass is 16.7. The average molecular weight is 371 g/mol. The van der Waals surface area contributed by atoms with Gasteiger partial charge >= 0.3 is 11.9 Å². The molecular formula is C19H21N3O5. The molecule has 0 amide bonds. The fourth-order valence-electron chi connectivity index (χ4n) is 2.46. The first-order valence-electron chi connectivity index (χ1n) is 8.54. The van der Waals surface area contributed by atoms with Crippen molar-refractivity contribution in [2.24, 2.45) is 0 Å². The highest BCUT2D eigenvalue weighted by Gasteiger charge is 2.38. The zero-order valence-electron chi connectivity index (χ0n) is 15.4. The van der Waals surface area contributed by atoms with Crippen LogP contribution in [-0.4, -0.2) is 27.5 Å². The van der Waals surface area contributed by atoms with Crippen LogP contribution in [0.2, 0.25) is 0 Å². The average Bonchev–Trinajstić information content (AvgIpc) is 3.07. The minimum absolute atomic E-state index is 0.214. The SMILES string of the molecule is CCn1cc(COc2ccccc2NC=C2C(=O)OC(C)(C)OC2=O)cn1. The normalized spacial score (nSPS) is 15.7. The molecule has 1 aliphatic heterocycles. The molecule has 2 heterocycles. The molecule has 1 aromatic heterocycles. The first-order valence-corrected chi connectivity index (χ1v) is 8.54. The summed E-state index contributed by atoms with van der Waals surface area (Å²) >= 11 is 0. The van der Waals surface area contributed by atoms with Gasteiger partial charge in [-0.15, -0.1) is 0 Å². The minimum Gasteiger partial charge on any atom is -0.487 e. The van der Waals surface area contributed by atoms with E-state index in [1.54, 1.807) is 18.3 Å². The monoisotopic (exact) mass is 371 g/mol. The lowest BCUT2D eigenvalue weighted by atomic mass is 10.2. The number of esters is 2. The van der Waals surface area contributed by atoms with E-state index in [0.29, 0.717) is 18.0 Å². The summed E-state index contributed by atoms with van der Waals surface area (Å²) in [5.41, 5.74) is 1.32. The molecule has 1 fully saturated rings. The van der Waals surface area contributed by atoms with Crippen molar-refractivity contribution in [3.05, 3.63) is 54.0 Å². The lowest BCUT2D eigenvalue weighted by Gasteiger charge is -2.29. The van der Waals surface area contributed by atoms with Crippen molar-refractivity contribution in [1.29, 1.82) is 0 Å². The van der Waals surface area contributed by atoms with E-state index in [2.05, 4.69) is 10.4 Å². The number of hydrogen-bond acceptors (Lipinski definition) is 7. The fraction of sp³-hybridized carbons (Fsp3) is 0.316. The number of benzene rings is 1. The smallest absolute Gasteiger partial charge is 0.350 e. The van der Waals surface area contributed by atoms with Gasteiger partial charge in [-0.25, -0.2) is 9.59 Å². The van der Waals surface area contributed by atoms with E-state index in [-0.39, 0.29) is 5.57 Å². The predicted octanol–water partition coefficient (Wildman–Crippen LogP) is 2.61. The number of rotatable bonds is 6. The third-order valence-electron chi connectivity index (χ3n) is 3.78. The summed E-state index contributed by atoms with van der Waals surface area (Å²) in [6.07, 6.45) is 4.92. The van der Waals surface area contributed by atoms with Gasteiger partial charge in [-0.1, -0.05) is 12.1 Å². The Kier molecular flexibility index (Phi) is 5.16. The van der Waals surface area contributed by atoms with Crippen LogP contribution in [0.15, 0.2) is 48.4 Å². The van der Waals surface area contributed by atoms with Crippen molar-refractivity contribution in [1.82, 2.24) is 9.78 Å². The molecule has 8 heteroatoms. The second-order valence-corrected chi connectivity index (χ2v) is 6.37. The molecule has 2 aromatic rings. The minimum atomic E-state index is -1.27. The third kappa shape index (κ3) is 4.46. The van der Waals surface area contributed by atoms with Crippen LogP contribution in [-0.2, 0) is 32.2 Å². The molecule has 0 bridgehead atoms. The molecule has 0 spiro atoms. The van der Waals surface area contributed by atoms with E-state index in [1.807, 2.05) is 29.9 Å². The number of hydrogen-bond donors (Lipinski definition) is 1. The summed E-state index contributed by atoms with van der Waals surface area (Å²) in [5.74, 6) is -2.19. The summed E-state index contributed by atoms with van der Waals surface area (Å²) in [5, 5.41) is 7.12. The molecule has 8 nitrogen and oxygen atoms in total. The standard InChI is InChI=1S/C19H21N3O5/c1-4-22-11-13(9-21-22)12-25-16-8-6-5-7-15(16)20-10-14-17(23)26-19(2,3)27-18(14)24/h5-11,20H,4,12H2,1-3H3. The summed E-state index contributed by atoms with van der Waals surface area (Å²) in [7, 11) is 0. The maximum Gasteiger partial charge on any atom is 0.350 e. The second kappa shape index (κ2) is 7.53. The Bertz CT molecular complexity index is 863. The van der Waals surface area contributed by atoms with E-state index in [9.17, 15) is 9.59 Å². The quantitative estimate of drug-likeness (QED) is 0.474. The van der Waals surface area contributed by atoms with E-state index in [4.69, 9.17) is 14.2 Å². The number of aromatic nitrogens is 2. The number of anilines is 1. The molecular weight excluding hydrogens is 350 g/mol. The molecule has 0 radical (unpaired) electrons. The molecule has 0 unspecified atom stereocenters. The Balaban J connectivity index is 1.70. The molecule has 27 heavy (non-hydrogen) atoms. The number of aryl methyl sites for hydroxylation is 1. The lowest BCUT2D eigenvalue weighted by Crippen LogP contribution is -2.42. The van der Waals surface area contributed by atoms with Crippen molar-refractivity contribution in [2.75, 3.05) is 5.32 Å². The van der Waals surface area contributed by atoms with E-state index < -0.39 is 17.7 Å². The number of ether oxygens (including phenoxy) is 3. The van der Waals surface area contributed by atoms with Crippen molar-refractivity contribution in [3.8, 4) is 5.75 Å². The highest BCUT2D eigenvalue weighted by Crippen LogP contribution is 2.27. The molecule has 3 rings (SSSR count). The molecule has 1 saturated heterocycles. The van der Waals surface area contributed by atoms with Crippen LogP contribution in [0.5, 0.6) is 5.75 Å². The first-order chi connectivity index (χ1) is 12.9. The zero-order chi connectivity index (χ0) is 19.4. The largest absolute Gasteiger partial charge is 0.487 e. The summed E-state index contributed by atoms with van der Waals surface area (Å²) < 4.78 is 17.8. The highest BCUT2D eigenvalue weighted by molar-refractivity contribution is 6.15. The Morgan fingerprint density at radius 3 is 2.59 bits per heavy atom. The van der Waals surface area contributed by atoms with E-state index in [1.165, 1.54) is 20.0 Å². The Morgan fingerprint density at radius 1 is 1.22 bits per heavy atom. The second-order valence-electron chi connectivity index (χ2n) is 6.37. The summed E-state index contributed by atoms with van der Waals surface area (Å²) in [6, 6.07) is 7.19. The maximum absolute atomic E-state index is 12.0. The van der Waals surface area contributed by atoms with Gasteiger partial charge in [0, 0.05) is 38.4 Å². The van der Waals surface area contributed by atoms with E-state index in [0.717, 1.165) is 12.1 Å². The predicted molar refractivity (Wildman–Crippen MR) is 96.6 cm³/mol. The lowest BCUT2D eigenvalue weighted by molar-refractivity contribution is -0.222. The number of para-hydroxylation sites is 2. The molecule has 0 atom stereocenters. The topological polar surface area (TPSA) is 91.7 Å². The number of nitrogens with one attached hydrogen (secondary N) is 1. The summed E-state index contributed by atoms with van der Waals surface area (Å²) in [6.45, 7) is 6.13. The third-order valence-corrected chi connectivity index (χ3v) is 3.78. The van der Waals surface area contributed by atoms with Crippen LogP contribution in [0.3, 0.4) is 0 Å². The number of cyclic esters (lactones) is 2. The van der Waals surface area contributed by atoms with Crippen LogP contribution >= 0.6 is 0 Å². The van der Waals surface area contributed by atoms with Crippen LogP contribution in [0, 0.1) is 0 Å². The van der Waals surface area contributed by atoms with Gasteiger partial charge in [0.05, 0.1) is 11.9 Å². The molecule has 1 aliphatic rings. The Hall–Kier alpha value is -3.29. The van der Waals surface area contributed by atoms with Gasteiger partial charge in [0.2, 0.25) is 0 Å². The van der Waals surface area contributed by atoms with Crippen molar-refractivity contribution >= 4 is 17.6 Å². The summed E-state index contributed by atoms with van der Waals surface area (Å²) in [4.78, 5) is 24.0. The molecule has 142 valence electrons. The van der Waals surface area contributed by atoms with Gasteiger partial charge < -0.3 is 19.5 Å². The zero-order valence-corrected chi connectivity index (χ0v) is 15.4. The van der Waals surface area contributed by atoms with Crippen LogP contribution in [0.1, 0.15) is 26.3 Å². The van der Waals surface area contributed by atoms with Gasteiger partial charge in [0.15, 0.2) is 5.57 Å².